The van der Waals surface area contributed by atoms with Gasteiger partial charge in [-0.15, -0.1) is 0 Å². The molecule has 170 valence electrons. The number of carbonyl (C=O) groups is 2. The van der Waals surface area contributed by atoms with Gasteiger partial charge in [0.05, 0.1) is 20.4 Å². The van der Waals surface area contributed by atoms with Crippen LogP contribution in [0.5, 0.6) is 11.5 Å². The van der Waals surface area contributed by atoms with Crippen LogP contribution >= 0.6 is 0 Å². The van der Waals surface area contributed by atoms with Crippen molar-refractivity contribution < 1.29 is 24.2 Å². The van der Waals surface area contributed by atoms with Crippen LogP contribution in [0.2, 0.25) is 0 Å². The van der Waals surface area contributed by atoms with Gasteiger partial charge < -0.3 is 25.2 Å². The summed E-state index contributed by atoms with van der Waals surface area (Å²) in [6.07, 6.45) is 2.93. The molecule has 1 amide bonds. The van der Waals surface area contributed by atoms with Crippen LogP contribution in [0.25, 0.3) is 0 Å². The molecule has 0 fully saturated rings. The number of carboxylic acids is 1. The molecule has 0 radical (unpaired) electrons. The van der Waals surface area contributed by atoms with Crippen molar-refractivity contribution >= 4 is 23.4 Å². The van der Waals surface area contributed by atoms with Gasteiger partial charge >= 0.3 is 5.97 Å². The first kappa shape index (κ1) is 21.9. The largest absolute Gasteiger partial charge is 0.497 e. The van der Waals surface area contributed by atoms with Crippen LogP contribution in [0, 0.1) is 13.8 Å². The lowest BCUT2D eigenvalue weighted by atomic mass is 10.0. The Morgan fingerprint density at radius 3 is 2.55 bits per heavy atom. The molecule has 0 saturated heterocycles. The summed E-state index contributed by atoms with van der Waals surface area (Å²) >= 11 is 0. The summed E-state index contributed by atoms with van der Waals surface area (Å²) in [5.41, 5.74) is 3.58. The predicted molar refractivity (Wildman–Crippen MR) is 123 cm³/mol. The van der Waals surface area contributed by atoms with Crippen molar-refractivity contribution in [3.8, 4) is 11.5 Å². The van der Waals surface area contributed by atoms with E-state index in [4.69, 9.17) is 9.47 Å². The number of allylic oxidation sites excluding steroid dienone is 1. The number of rotatable bonds is 6. The van der Waals surface area contributed by atoms with Gasteiger partial charge in [-0.05, 0) is 61.4 Å². The SMILES string of the molecule is COc1ccc(OC)c([C@H]2C=C(C(=O)O)Nc3c(C(=O)Nc4ccc(C)c(C)c4)cnn32)c1. The molecule has 1 aliphatic heterocycles. The van der Waals surface area contributed by atoms with Crippen LogP contribution in [-0.4, -0.2) is 41.0 Å². The summed E-state index contributed by atoms with van der Waals surface area (Å²) < 4.78 is 12.4. The number of fused-ring (bicyclic) bond motifs is 1. The summed E-state index contributed by atoms with van der Waals surface area (Å²) in [6, 6.07) is 10.2. The lowest BCUT2D eigenvalue weighted by Crippen LogP contribution is -2.26. The molecule has 33 heavy (non-hydrogen) atoms. The van der Waals surface area contributed by atoms with Gasteiger partial charge in [0.15, 0.2) is 0 Å². The number of hydrogen-bond acceptors (Lipinski definition) is 6. The number of methoxy groups -OCH3 is 2. The lowest BCUT2D eigenvalue weighted by Gasteiger charge is -2.26. The first-order valence-electron chi connectivity index (χ1n) is 10.2. The fourth-order valence-electron chi connectivity index (χ4n) is 3.70. The summed E-state index contributed by atoms with van der Waals surface area (Å²) in [7, 11) is 3.07. The zero-order chi connectivity index (χ0) is 23.7. The van der Waals surface area contributed by atoms with E-state index in [1.54, 1.807) is 30.0 Å². The quantitative estimate of drug-likeness (QED) is 0.526. The first-order chi connectivity index (χ1) is 15.8. The van der Waals surface area contributed by atoms with E-state index in [1.807, 2.05) is 32.0 Å². The first-order valence-corrected chi connectivity index (χ1v) is 10.2. The summed E-state index contributed by atoms with van der Waals surface area (Å²) in [5, 5.41) is 19.8. The second-order valence-electron chi connectivity index (χ2n) is 7.67. The highest BCUT2D eigenvalue weighted by atomic mass is 16.5. The standard InChI is InChI=1S/C24H24N4O5/c1-13-5-6-15(9-14(13)2)26-23(29)18-12-25-28-20(11-19(24(30)31)27-22(18)28)17-10-16(32-3)7-8-21(17)33-4/h5-12,20,27H,1-4H3,(H,26,29)(H,30,31)/t20-/m1/s1. The minimum atomic E-state index is -1.16. The number of nitrogens with zero attached hydrogens (tertiary/aromatic N) is 2. The number of benzene rings is 2. The number of aliphatic carboxylic acids is 1. The normalized spacial score (nSPS) is 14.5. The number of ether oxygens (including phenoxy) is 2. The predicted octanol–water partition coefficient (Wildman–Crippen LogP) is 3.75. The molecular formula is C24H24N4O5. The van der Waals surface area contributed by atoms with Gasteiger partial charge in [-0.25, -0.2) is 9.48 Å². The van der Waals surface area contributed by atoms with Crippen molar-refractivity contribution in [1.29, 1.82) is 0 Å². The molecule has 0 unspecified atom stereocenters. The Hall–Kier alpha value is -4.27. The number of carboxylic acid groups (broad SMARTS) is 1. The zero-order valence-corrected chi connectivity index (χ0v) is 18.7. The Morgan fingerprint density at radius 1 is 1.09 bits per heavy atom. The molecule has 0 saturated carbocycles. The Bertz CT molecular complexity index is 1280. The number of carbonyl (C=O) groups excluding carboxylic acids is 1. The smallest absolute Gasteiger partial charge is 0.352 e. The Labute approximate surface area is 190 Å². The molecule has 1 aliphatic rings. The molecule has 0 bridgehead atoms. The van der Waals surface area contributed by atoms with E-state index in [2.05, 4.69) is 15.7 Å². The number of nitrogens with one attached hydrogen (secondary N) is 2. The summed E-state index contributed by atoms with van der Waals surface area (Å²) in [6.45, 7) is 3.95. The Morgan fingerprint density at radius 2 is 1.88 bits per heavy atom. The van der Waals surface area contributed by atoms with Crippen LogP contribution in [0.15, 0.2) is 54.4 Å². The molecule has 0 aliphatic carbocycles. The fourth-order valence-corrected chi connectivity index (χ4v) is 3.70. The van der Waals surface area contributed by atoms with Crippen LogP contribution < -0.4 is 20.1 Å². The van der Waals surface area contributed by atoms with Crippen molar-refractivity contribution in [2.24, 2.45) is 0 Å². The molecule has 1 atom stereocenters. The second kappa shape index (κ2) is 8.70. The Balaban J connectivity index is 1.76. The highest BCUT2D eigenvalue weighted by Gasteiger charge is 2.31. The topological polar surface area (TPSA) is 115 Å². The van der Waals surface area contributed by atoms with Gasteiger partial charge in [0.1, 0.15) is 34.6 Å². The lowest BCUT2D eigenvalue weighted by molar-refractivity contribution is -0.132. The van der Waals surface area contributed by atoms with E-state index in [0.29, 0.717) is 22.7 Å². The van der Waals surface area contributed by atoms with E-state index in [9.17, 15) is 14.7 Å². The molecule has 2 aromatic carbocycles. The number of hydrogen-bond donors (Lipinski definition) is 3. The molecule has 9 heteroatoms. The maximum atomic E-state index is 13.1. The molecule has 3 N–H and O–H groups in total. The number of aromatic nitrogens is 2. The van der Waals surface area contributed by atoms with Gasteiger partial charge in [0.2, 0.25) is 0 Å². The number of aryl methyl sites for hydroxylation is 2. The highest BCUT2D eigenvalue weighted by molar-refractivity contribution is 6.08. The Kier molecular flexibility index (Phi) is 5.78. The van der Waals surface area contributed by atoms with Gasteiger partial charge in [-0.1, -0.05) is 6.07 Å². The van der Waals surface area contributed by atoms with Crippen molar-refractivity contribution in [2.45, 2.75) is 19.9 Å². The number of anilines is 2. The number of amides is 1. The van der Waals surface area contributed by atoms with Crippen molar-refractivity contribution in [3.63, 3.8) is 0 Å². The zero-order valence-electron chi connectivity index (χ0n) is 18.7. The van der Waals surface area contributed by atoms with Crippen molar-refractivity contribution in [3.05, 3.63) is 76.6 Å². The van der Waals surface area contributed by atoms with E-state index >= 15 is 0 Å². The average Bonchev–Trinajstić information content (AvgIpc) is 3.24. The minimum absolute atomic E-state index is 0.0712. The third-order valence-electron chi connectivity index (χ3n) is 5.63. The van der Waals surface area contributed by atoms with Crippen molar-refractivity contribution in [1.82, 2.24) is 9.78 Å². The van der Waals surface area contributed by atoms with Crippen molar-refractivity contribution in [2.75, 3.05) is 24.9 Å². The maximum Gasteiger partial charge on any atom is 0.352 e. The average molecular weight is 448 g/mol. The highest BCUT2D eigenvalue weighted by Crippen LogP contribution is 2.38. The van der Waals surface area contributed by atoms with Gasteiger partial charge in [0, 0.05) is 11.3 Å². The molecule has 0 spiro atoms. The van der Waals surface area contributed by atoms with Gasteiger partial charge in [-0.2, -0.15) is 5.10 Å². The monoisotopic (exact) mass is 448 g/mol. The van der Waals surface area contributed by atoms with Crippen LogP contribution in [0.1, 0.15) is 33.1 Å². The second-order valence-corrected chi connectivity index (χ2v) is 7.67. The van der Waals surface area contributed by atoms with Crippen LogP contribution in [0.4, 0.5) is 11.5 Å². The van der Waals surface area contributed by atoms with Gasteiger partial charge in [-0.3, -0.25) is 4.79 Å². The third-order valence-corrected chi connectivity index (χ3v) is 5.63. The summed E-state index contributed by atoms with van der Waals surface area (Å²) in [4.78, 5) is 24.9. The molecule has 2 heterocycles. The minimum Gasteiger partial charge on any atom is -0.497 e. The van der Waals surface area contributed by atoms with E-state index in [-0.39, 0.29) is 17.1 Å². The van der Waals surface area contributed by atoms with E-state index in [0.717, 1.165) is 11.1 Å². The fraction of sp³-hybridized carbons (Fsp3) is 0.208. The molecule has 1 aromatic heterocycles. The molecule has 4 rings (SSSR count). The van der Waals surface area contributed by atoms with E-state index < -0.39 is 17.9 Å². The third kappa shape index (κ3) is 4.12. The summed E-state index contributed by atoms with van der Waals surface area (Å²) in [5.74, 6) is -0.182. The maximum absolute atomic E-state index is 13.1. The van der Waals surface area contributed by atoms with Crippen LogP contribution in [-0.2, 0) is 4.79 Å². The molecule has 9 nitrogen and oxygen atoms in total. The van der Waals surface area contributed by atoms with E-state index in [1.165, 1.54) is 19.4 Å². The van der Waals surface area contributed by atoms with Crippen LogP contribution in [0.3, 0.4) is 0 Å². The molecular weight excluding hydrogens is 424 g/mol. The van der Waals surface area contributed by atoms with Gasteiger partial charge in [0.25, 0.3) is 5.91 Å². The molecule has 3 aromatic rings.